The van der Waals surface area contributed by atoms with E-state index in [1.165, 1.54) is 12.5 Å². The Balaban J connectivity index is 2.01. The van der Waals surface area contributed by atoms with Crippen LogP contribution in [-0.4, -0.2) is 22.3 Å². The number of nitrogens with one attached hydrogen (secondary N) is 1. The van der Waals surface area contributed by atoms with Gasteiger partial charge in [-0.15, -0.1) is 0 Å². The maximum Gasteiger partial charge on any atom is 0.339 e. The van der Waals surface area contributed by atoms with E-state index in [0.717, 1.165) is 0 Å². The van der Waals surface area contributed by atoms with Gasteiger partial charge in [0.25, 0.3) is 0 Å². The van der Waals surface area contributed by atoms with E-state index in [1.54, 1.807) is 31.2 Å². The Bertz CT molecular complexity index is 881. The van der Waals surface area contributed by atoms with Crippen molar-refractivity contribution in [1.82, 2.24) is 4.98 Å². The SMILES string of the molecule is CC(Cl)OC(=O)c1ccc2c(N)c(C(=O)c3ccoc3)[nH]c2c1. The number of carbonyl (C=O) groups excluding carboxylic acids is 2. The summed E-state index contributed by atoms with van der Waals surface area (Å²) >= 11 is 5.64. The average Bonchev–Trinajstić information content (AvgIpc) is 3.14. The van der Waals surface area contributed by atoms with Crippen molar-refractivity contribution in [2.45, 2.75) is 12.5 Å². The number of ketones is 1. The Kier molecular flexibility index (Phi) is 3.83. The molecule has 118 valence electrons. The van der Waals surface area contributed by atoms with Crippen LogP contribution in [-0.2, 0) is 4.74 Å². The number of rotatable bonds is 4. The molecule has 2 aromatic heterocycles. The van der Waals surface area contributed by atoms with Crippen molar-refractivity contribution < 1.29 is 18.7 Å². The number of esters is 1. The van der Waals surface area contributed by atoms with Crippen LogP contribution in [0.4, 0.5) is 5.69 Å². The van der Waals surface area contributed by atoms with Crippen molar-refractivity contribution in [3.63, 3.8) is 0 Å². The topological polar surface area (TPSA) is 98.3 Å². The second-order valence-corrected chi connectivity index (χ2v) is 5.58. The lowest BCUT2D eigenvalue weighted by Gasteiger charge is -2.05. The lowest BCUT2D eigenvalue weighted by atomic mass is 10.1. The largest absolute Gasteiger partial charge is 0.472 e. The quantitative estimate of drug-likeness (QED) is 0.434. The van der Waals surface area contributed by atoms with Gasteiger partial charge in [0.2, 0.25) is 5.78 Å². The summed E-state index contributed by atoms with van der Waals surface area (Å²) in [5, 5.41) is 0.646. The number of aromatic nitrogens is 1. The van der Waals surface area contributed by atoms with E-state index in [9.17, 15) is 9.59 Å². The molecule has 0 aliphatic rings. The Hall–Kier alpha value is -2.73. The van der Waals surface area contributed by atoms with Crippen LogP contribution in [0.25, 0.3) is 10.9 Å². The summed E-state index contributed by atoms with van der Waals surface area (Å²) in [5.41, 5.74) is 7.13. The number of carbonyl (C=O) groups is 2. The number of alkyl halides is 1. The van der Waals surface area contributed by atoms with Crippen LogP contribution in [0.15, 0.2) is 41.2 Å². The fourth-order valence-electron chi connectivity index (χ4n) is 2.28. The van der Waals surface area contributed by atoms with Crippen molar-refractivity contribution >= 4 is 39.9 Å². The van der Waals surface area contributed by atoms with E-state index < -0.39 is 11.5 Å². The number of aromatic amines is 1. The molecule has 6 nitrogen and oxygen atoms in total. The third-order valence-corrected chi connectivity index (χ3v) is 3.44. The molecular weight excluding hydrogens is 320 g/mol. The molecule has 0 bridgehead atoms. The van der Waals surface area contributed by atoms with Gasteiger partial charge in [-0.05, 0) is 31.2 Å². The smallest absolute Gasteiger partial charge is 0.339 e. The summed E-state index contributed by atoms with van der Waals surface area (Å²) in [7, 11) is 0. The summed E-state index contributed by atoms with van der Waals surface area (Å²) in [4.78, 5) is 27.2. The highest BCUT2D eigenvalue weighted by Gasteiger charge is 2.19. The number of hydrogen-bond donors (Lipinski definition) is 2. The molecule has 0 fully saturated rings. The molecule has 3 rings (SSSR count). The zero-order valence-corrected chi connectivity index (χ0v) is 12.9. The van der Waals surface area contributed by atoms with Crippen molar-refractivity contribution in [1.29, 1.82) is 0 Å². The highest BCUT2D eigenvalue weighted by Crippen LogP contribution is 2.28. The van der Waals surface area contributed by atoms with E-state index in [1.807, 2.05) is 0 Å². The molecule has 0 aliphatic carbocycles. The Morgan fingerprint density at radius 2 is 2.09 bits per heavy atom. The molecule has 0 saturated carbocycles. The van der Waals surface area contributed by atoms with Gasteiger partial charge in [-0.3, -0.25) is 4.79 Å². The summed E-state index contributed by atoms with van der Waals surface area (Å²) in [6.45, 7) is 1.55. The molecule has 23 heavy (non-hydrogen) atoms. The van der Waals surface area contributed by atoms with Gasteiger partial charge in [-0.1, -0.05) is 11.6 Å². The second kappa shape index (κ2) is 5.81. The summed E-state index contributed by atoms with van der Waals surface area (Å²) in [5.74, 6) is -0.837. The minimum absolute atomic E-state index is 0.248. The number of anilines is 1. The standard InChI is InChI=1S/C16H13ClN2O4/c1-8(17)23-16(21)9-2-3-11-12(6-9)19-14(13(11)18)15(20)10-4-5-22-7-10/h2-8,19H,18H2,1H3. The highest BCUT2D eigenvalue weighted by molar-refractivity contribution is 6.20. The van der Waals surface area contributed by atoms with E-state index >= 15 is 0 Å². The molecule has 2 heterocycles. The second-order valence-electron chi connectivity index (χ2n) is 4.96. The first-order chi connectivity index (χ1) is 11.0. The van der Waals surface area contributed by atoms with Crippen LogP contribution in [0.1, 0.15) is 33.3 Å². The zero-order valence-electron chi connectivity index (χ0n) is 12.1. The maximum atomic E-state index is 12.4. The van der Waals surface area contributed by atoms with Crippen LogP contribution in [0.2, 0.25) is 0 Å². The first kappa shape index (κ1) is 15.2. The third kappa shape index (κ3) is 2.80. The number of benzene rings is 1. The van der Waals surface area contributed by atoms with E-state index in [2.05, 4.69) is 4.98 Å². The van der Waals surface area contributed by atoms with Crippen LogP contribution < -0.4 is 5.73 Å². The van der Waals surface area contributed by atoms with Gasteiger partial charge in [0.05, 0.1) is 23.1 Å². The summed E-state index contributed by atoms with van der Waals surface area (Å²) < 4.78 is 9.84. The molecule has 0 aliphatic heterocycles. The normalized spacial score (nSPS) is 12.3. The van der Waals surface area contributed by atoms with E-state index in [0.29, 0.717) is 27.7 Å². The Morgan fingerprint density at radius 1 is 1.30 bits per heavy atom. The number of halogens is 1. The van der Waals surface area contributed by atoms with Gasteiger partial charge in [0.1, 0.15) is 12.0 Å². The van der Waals surface area contributed by atoms with Gasteiger partial charge in [0, 0.05) is 10.9 Å². The lowest BCUT2D eigenvalue weighted by Crippen LogP contribution is -2.09. The van der Waals surface area contributed by atoms with Crippen LogP contribution >= 0.6 is 11.6 Å². The number of hydrogen-bond acceptors (Lipinski definition) is 5. The fraction of sp³-hybridized carbons (Fsp3) is 0.125. The van der Waals surface area contributed by atoms with E-state index in [4.69, 9.17) is 26.5 Å². The molecule has 3 N–H and O–H groups in total. The number of nitrogens with two attached hydrogens (primary N) is 1. The van der Waals surface area contributed by atoms with Crippen molar-refractivity contribution in [3.8, 4) is 0 Å². The first-order valence-corrected chi connectivity index (χ1v) is 7.24. The van der Waals surface area contributed by atoms with E-state index in [-0.39, 0.29) is 11.5 Å². The molecule has 1 aromatic carbocycles. The third-order valence-electron chi connectivity index (χ3n) is 3.35. The molecule has 0 radical (unpaired) electrons. The van der Waals surface area contributed by atoms with Crippen LogP contribution in [0, 0.1) is 0 Å². The molecule has 0 saturated heterocycles. The number of ether oxygens (including phenoxy) is 1. The Labute approximate surface area is 136 Å². The highest BCUT2D eigenvalue weighted by atomic mass is 35.5. The van der Waals surface area contributed by atoms with Gasteiger partial charge in [0.15, 0.2) is 5.56 Å². The number of nitrogen functional groups attached to an aromatic ring is 1. The zero-order chi connectivity index (χ0) is 16.6. The minimum atomic E-state index is -0.731. The fourth-order valence-corrected chi connectivity index (χ4v) is 2.36. The predicted molar refractivity (Wildman–Crippen MR) is 85.6 cm³/mol. The molecular formula is C16H13ClN2O4. The predicted octanol–water partition coefficient (Wildman–Crippen LogP) is 3.32. The average molecular weight is 333 g/mol. The van der Waals surface area contributed by atoms with Crippen molar-refractivity contribution in [2.24, 2.45) is 0 Å². The molecule has 1 atom stereocenters. The van der Waals surface area contributed by atoms with Crippen LogP contribution in [0.5, 0.6) is 0 Å². The van der Waals surface area contributed by atoms with Crippen molar-refractivity contribution in [2.75, 3.05) is 5.73 Å². The van der Waals surface area contributed by atoms with Gasteiger partial charge in [-0.25, -0.2) is 4.79 Å². The lowest BCUT2D eigenvalue weighted by molar-refractivity contribution is 0.0472. The first-order valence-electron chi connectivity index (χ1n) is 6.80. The Morgan fingerprint density at radius 3 is 2.74 bits per heavy atom. The molecule has 0 amide bonds. The maximum absolute atomic E-state index is 12.4. The van der Waals surface area contributed by atoms with Gasteiger partial charge >= 0.3 is 5.97 Å². The number of H-pyrrole nitrogens is 1. The molecule has 1 unspecified atom stereocenters. The van der Waals surface area contributed by atoms with Crippen molar-refractivity contribution in [3.05, 3.63) is 53.6 Å². The van der Waals surface area contributed by atoms with Crippen LogP contribution in [0.3, 0.4) is 0 Å². The number of furan rings is 1. The monoisotopic (exact) mass is 332 g/mol. The van der Waals surface area contributed by atoms with Gasteiger partial charge < -0.3 is 19.9 Å². The molecule has 0 spiro atoms. The summed E-state index contributed by atoms with van der Waals surface area (Å²) in [6, 6.07) is 6.35. The summed E-state index contributed by atoms with van der Waals surface area (Å²) in [6.07, 6.45) is 2.76. The number of fused-ring (bicyclic) bond motifs is 1. The minimum Gasteiger partial charge on any atom is -0.472 e. The molecule has 3 aromatic rings. The van der Waals surface area contributed by atoms with Gasteiger partial charge in [-0.2, -0.15) is 0 Å². The molecule has 7 heteroatoms.